The van der Waals surface area contributed by atoms with Crippen molar-refractivity contribution in [3.05, 3.63) is 64.0 Å². The lowest BCUT2D eigenvalue weighted by Gasteiger charge is -2.25. The van der Waals surface area contributed by atoms with Crippen LogP contribution in [-0.2, 0) is 29.0 Å². The number of imidazole rings is 1. The quantitative estimate of drug-likeness (QED) is 0.556. The van der Waals surface area contributed by atoms with Crippen LogP contribution in [0, 0.1) is 0 Å². The van der Waals surface area contributed by atoms with Gasteiger partial charge in [0.05, 0.1) is 65.5 Å². The molecular formula is C24H26ClN5O4. The van der Waals surface area contributed by atoms with Gasteiger partial charge < -0.3 is 19.4 Å². The van der Waals surface area contributed by atoms with E-state index in [2.05, 4.69) is 20.0 Å². The highest BCUT2D eigenvalue weighted by molar-refractivity contribution is 6.35. The highest BCUT2D eigenvalue weighted by Gasteiger charge is 2.30. The van der Waals surface area contributed by atoms with E-state index in [1.807, 2.05) is 0 Å². The van der Waals surface area contributed by atoms with Crippen LogP contribution in [0.3, 0.4) is 0 Å². The summed E-state index contributed by atoms with van der Waals surface area (Å²) in [6.07, 6.45) is 6.19. The van der Waals surface area contributed by atoms with Crippen molar-refractivity contribution in [3.63, 3.8) is 0 Å². The van der Waals surface area contributed by atoms with Crippen LogP contribution in [-0.4, -0.2) is 43.9 Å². The fourth-order valence-electron chi connectivity index (χ4n) is 4.48. The Hall–Kier alpha value is -3.17. The van der Waals surface area contributed by atoms with E-state index < -0.39 is 5.97 Å². The molecule has 178 valence electrons. The molecule has 0 radical (unpaired) electrons. The molecule has 1 amide bonds. The number of hydrogen-bond donors (Lipinski definition) is 1. The summed E-state index contributed by atoms with van der Waals surface area (Å²) in [6.45, 7) is 5.09. The summed E-state index contributed by atoms with van der Waals surface area (Å²) in [5.74, 6) is -0.714. The van der Waals surface area contributed by atoms with Gasteiger partial charge in [0, 0.05) is 12.1 Å². The van der Waals surface area contributed by atoms with E-state index in [-0.39, 0.29) is 28.6 Å². The Morgan fingerprint density at radius 1 is 1.26 bits per heavy atom. The maximum Gasteiger partial charge on any atom is 0.339 e. The molecule has 3 aromatic rings. The van der Waals surface area contributed by atoms with Gasteiger partial charge in [0.1, 0.15) is 5.69 Å². The molecule has 34 heavy (non-hydrogen) atoms. The highest BCUT2D eigenvalue weighted by atomic mass is 35.5. The standard InChI is InChI=1S/C24H26ClN5O4/c1-14(2)34-24(32)15-6-5-8-18(21(15)25)30-20-12-33-11-17(16(20)10-27-30)28-23(31)22-19-7-3-4-9-29(19)13-26-22/h5-6,8,10,13-14,17H,3-4,7,9,11-12H2,1-2H3,(H,28,31)/t17-/m0/s1. The number of benzene rings is 1. The Kier molecular flexibility index (Phi) is 6.14. The molecule has 0 bridgehead atoms. The maximum atomic E-state index is 13.1. The van der Waals surface area contributed by atoms with Gasteiger partial charge in [0.25, 0.3) is 5.91 Å². The van der Waals surface area contributed by atoms with Gasteiger partial charge in [-0.3, -0.25) is 4.79 Å². The van der Waals surface area contributed by atoms with Crippen molar-refractivity contribution in [2.24, 2.45) is 0 Å². The van der Waals surface area contributed by atoms with Crippen molar-refractivity contribution in [2.45, 2.75) is 58.4 Å². The van der Waals surface area contributed by atoms with Gasteiger partial charge in [-0.05, 0) is 45.2 Å². The largest absolute Gasteiger partial charge is 0.459 e. The van der Waals surface area contributed by atoms with Gasteiger partial charge in [0.2, 0.25) is 0 Å². The summed E-state index contributed by atoms with van der Waals surface area (Å²) >= 11 is 6.59. The Bertz CT molecular complexity index is 1250. The minimum atomic E-state index is -0.493. The van der Waals surface area contributed by atoms with Gasteiger partial charge >= 0.3 is 5.97 Å². The average molecular weight is 484 g/mol. The fourth-order valence-corrected chi connectivity index (χ4v) is 4.77. The molecule has 0 aliphatic carbocycles. The van der Waals surface area contributed by atoms with Crippen LogP contribution < -0.4 is 5.32 Å². The number of carbonyl (C=O) groups is 2. The zero-order valence-electron chi connectivity index (χ0n) is 19.1. The van der Waals surface area contributed by atoms with E-state index in [0.29, 0.717) is 24.6 Å². The summed E-state index contributed by atoms with van der Waals surface area (Å²) in [6, 6.07) is 4.76. The van der Waals surface area contributed by atoms with E-state index in [1.165, 1.54) is 0 Å². The number of hydrogen-bond acceptors (Lipinski definition) is 6. The molecule has 0 saturated carbocycles. The first kappa shape index (κ1) is 22.6. The molecule has 1 N–H and O–H groups in total. The van der Waals surface area contributed by atoms with E-state index in [0.717, 1.165) is 42.8 Å². The molecule has 0 fully saturated rings. The molecule has 4 heterocycles. The van der Waals surface area contributed by atoms with Gasteiger partial charge in [-0.2, -0.15) is 5.10 Å². The number of aryl methyl sites for hydroxylation is 1. The van der Waals surface area contributed by atoms with Crippen LogP contribution in [0.5, 0.6) is 0 Å². The number of carbonyl (C=O) groups excluding carboxylic acids is 2. The van der Waals surface area contributed by atoms with E-state index in [1.54, 1.807) is 49.3 Å². The predicted octanol–water partition coefficient (Wildman–Crippen LogP) is 3.63. The fraction of sp³-hybridized carbons (Fsp3) is 0.417. The molecule has 2 aromatic heterocycles. The van der Waals surface area contributed by atoms with Gasteiger partial charge in [-0.15, -0.1) is 0 Å². The van der Waals surface area contributed by atoms with E-state index in [9.17, 15) is 9.59 Å². The molecule has 2 aliphatic rings. The lowest BCUT2D eigenvalue weighted by molar-refractivity contribution is 0.0378. The van der Waals surface area contributed by atoms with Crippen molar-refractivity contribution in [1.82, 2.24) is 24.6 Å². The molecule has 2 aliphatic heterocycles. The summed E-state index contributed by atoms with van der Waals surface area (Å²) in [5, 5.41) is 7.81. The lowest BCUT2D eigenvalue weighted by Crippen LogP contribution is -2.35. The second kappa shape index (κ2) is 9.23. The van der Waals surface area contributed by atoms with Crippen molar-refractivity contribution >= 4 is 23.5 Å². The number of esters is 1. The highest BCUT2D eigenvalue weighted by Crippen LogP contribution is 2.31. The third kappa shape index (κ3) is 4.10. The molecule has 9 nitrogen and oxygen atoms in total. The third-order valence-electron chi connectivity index (χ3n) is 6.10. The molecular weight excluding hydrogens is 458 g/mol. The second-order valence-electron chi connectivity index (χ2n) is 8.78. The van der Waals surface area contributed by atoms with Crippen LogP contribution in [0.25, 0.3) is 5.69 Å². The van der Waals surface area contributed by atoms with Crippen LogP contribution in [0.1, 0.15) is 70.5 Å². The summed E-state index contributed by atoms with van der Waals surface area (Å²) in [7, 11) is 0. The van der Waals surface area contributed by atoms with Crippen LogP contribution in [0.15, 0.2) is 30.7 Å². The second-order valence-corrected chi connectivity index (χ2v) is 9.16. The molecule has 1 atom stereocenters. The van der Waals surface area contributed by atoms with Gasteiger partial charge in [0.15, 0.2) is 0 Å². The number of halogens is 1. The Labute approximate surface area is 202 Å². The maximum absolute atomic E-state index is 13.1. The predicted molar refractivity (Wildman–Crippen MR) is 124 cm³/mol. The molecule has 1 aromatic carbocycles. The smallest absolute Gasteiger partial charge is 0.339 e. The number of fused-ring (bicyclic) bond motifs is 2. The SMILES string of the molecule is CC(C)OC(=O)c1cccc(-n2ncc3c2COC[C@@H]3NC(=O)c2ncn3c2CCCC3)c1Cl. The minimum absolute atomic E-state index is 0.221. The van der Waals surface area contributed by atoms with Crippen molar-refractivity contribution < 1.29 is 19.1 Å². The first-order valence-electron chi connectivity index (χ1n) is 11.4. The third-order valence-corrected chi connectivity index (χ3v) is 6.50. The van der Waals surface area contributed by atoms with Crippen LogP contribution in [0.4, 0.5) is 0 Å². The molecule has 0 unspecified atom stereocenters. The Morgan fingerprint density at radius 2 is 2.12 bits per heavy atom. The zero-order valence-corrected chi connectivity index (χ0v) is 19.8. The Balaban J connectivity index is 1.42. The minimum Gasteiger partial charge on any atom is -0.459 e. The lowest BCUT2D eigenvalue weighted by atomic mass is 10.0. The van der Waals surface area contributed by atoms with Crippen molar-refractivity contribution in [1.29, 1.82) is 0 Å². The topological polar surface area (TPSA) is 100 Å². The Morgan fingerprint density at radius 3 is 2.94 bits per heavy atom. The number of nitrogens with zero attached hydrogens (tertiary/aromatic N) is 4. The van der Waals surface area contributed by atoms with Crippen LogP contribution >= 0.6 is 11.6 Å². The van der Waals surface area contributed by atoms with Crippen molar-refractivity contribution in [3.8, 4) is 5.69 Å². The number of aromatic nitrogens is 4. The molecule has 0 saturated heterocycles. The summed E-state index contributed by atoms with van der Waals surface area (Å²) < 4.78 is 14.8. The number of ether oxygens (including phenoxy) is 2. The number of amides is 1. The molecule has 0 spiro atoms. The van der Waals surface area contributed by atoms with E-state index >= 15 is 0 Å². The van der Waals surface area contributed by atoms with Crippen molar-refractivity contribution in [2.75, 3.05) is 6.61 Å². The summed E-state index contributed by atoms with van der Waals surface area (Å²) in [5.41, 5.74) is 3.87. The monoisotopic (exact) mass is 483 g/mol. The number of nitrogens with one attached hydrogen (secondary N) is 1. The normalized spacial score (nSPS) is 17.2. The van der Waals surface area contributed by atoms with E-state index in [4.69, 9.17) is 21.1 Å². The van der Waals surface area contributed by atoms with Gasteiger partial charge in [-0.1, -0.05) is 17.7 Å². The first-order chi connectivity index (χ1) is 16.4. The number of rotatable bonds is 5. The first-order valence-corrected chi connectivity index (χ1v) is 11.8. The molecule has 10 heteroatoms. The summed E-state index contributed by atoms with van der Waals surface area (Å²) in [4.78, 5) is 29.9. The average Bonchev–Trinajstić information content (AvgIpc) is 3.44. The van der Waals surface area contributed by atoms with Gasteiger partial charge in [-0.25, -0.2) is 14.5 Å². The zero-order chi connectivity index (χ0) is 23.8. The molecule has 5 rings (SSSR count). The van der Waals surface area contributed by atoms with Crippen LogP contribution in [0.2, 0.25) is 5.02 Å².